The zero-order valence-corrected chi connectivity index (χ0v) is 16.4. The topological polar surface area (TPSA) is 58.9 Å². The van der Waals surface area contributed by atoms with Crippen molar-refractivity contribution in [3.63, 3.8) is 0 Å². The number of fused-ring (bicyclic) bond motifs is 1. The van der Waals surface area contributed by atoms with E-state index in [1.54, 1.807) is 13.3 Å². The SMILES string of the molecule is COc1ccc(N(C)c2ccc3ccc(C(=O)NCc4ccccn4)cn23)cc1. The van der Waals surface area contributed by atoms with Crippen LogP contribution in [-0.2, 0) is 6.54 Å². The summed E-state index contributed by atoms with van der Waals surface area (Å²) in [6.07, 6.45) is 3.58. The van der Waals surface area contributed by atoms with E-state index in [2.05, 4.69) is 15.2 Å². The fourth-order valence-electron chi connectivity index (χ4n) is 3.21. The fraction of sp³-hybridized carbons (Fsp3) is 0.130. The molecule has 0 spiro atoms. The molecule has 0 bridgehead atoms. The van der Waals surface area contributed by atoms with E-state index < -0.39 is 0 Å². The summed E-state index contributed by atoms with van der Waals surface area (Å²) in [5.41, 5.74) is 3.45. The number of benzene rings is 1. The lowest BCUT2D eigenvalue weighted by atomic mass is 10.2. The van der Waals surface area contributed by atoms with E-state index >= 15 is 0 Å². The van der Waals surface area contributed by atoms with Gasteiger partial charge in [-0.05, 0) is 60.7 Å². The molecular weight excluding hydrogens is 364 g/mol. The van der Waals surface area contributed by atoms with Gasteiger partial charge < -0.3 is 19.4 Å². The van der Waals surface area contributed by atoms with E-state index in [1.807, 2.05) is 84.4 Å². The van der Waals surface area contributed by atoms with Gasteiger partial charge in [0.05, 0.1) is 24.9 Å². The van der Waals surface area contributed by atoms with E-state index in [0.29, 0.717) is 12.1 Å². The molecule has 0 aliphatic carbocycles. The Morgan fingerprint density at radius 1 is 1.07 bits per heavy atom. The first-order chi connectivity index (χ1) is 14.2. The summed E-state index contributed by atoms with van der Waals surface area (Å²) >= 11 is 0. The molecule has 0 radical (unpaired) electrons. The van der Waals surface area contributed by atoms with Crippen molar-refractivity contribution >= 4 is 22.9 Å². The van der Waals surface area contributed by atoms with Crippen molar-refractivity contribution in [3.8, 4) is 5.75 Å². The third-order valence-corrected chi connectivity index (χ3v) is 4.85. The molecule has 1 N–H and O–H groups in total. The van der Waals surface area contributed by atoms with Crippen molar-refractivity contribution in [1.29, 1.82) is 0 Å². The lowest BCUT2D eigenvalue weighted by molar-refractivity contribution is 0.0950. The second kappa shape index (κ2) is 8.06. The van der Waals surface area contributed by atoms with E-state index in [0.717, 1.165) is 28.5 Å². The number of nitrogens with zero attached hydrogens (tertiary/aromatic N) is 3. The van der Waals surface area contributed by atoms with Gasteiger partial charge in [0.25, 0.3) is 5.91 Å². The van der Waals surface area contributed by atoms with E-state index in [1.165, 1.54) is 0 Å². The minimum Gasteiger partial charge on any atom is -0.497 e. The summed E-state index contributed by atoms with van der Waals surface area (Å²) in [6, 6.07) is 21.4. The third kappa shape index (κ3) is 3.91. The Morgan fingerprint density at radius 2 is 1.86 bits per heavy atom. The zero-order chi connectivity index (χ0) is 20.2. The molecule has 4 aromatic rings. The number of methoxy groups -OCH3 is 1. The van der Waals surface area contributed by atoms with Gasteiger partial charge in [0.15, 0.2) is 0 Å². The average molecular weight is 386 g/mol. The predicted molar refractivity (Wildman–Crippen MR) is 114 cm³/mol. The van der Waals surface area contributed by atoms with Crippen LogP contribution in [0.15, 0.2) is 79.1 Å². The van der Waals surface area contributed by atoms with Crippen molar-refractivity contribution in [3.05, 3.63) is 90.4 Å². The van der Waals surface area contributed by atoms with Crippen LogP contribution in [0, 0.1) is 0 Å². The highest BCUT2D eigenvalue weighted by Crippen LogP contribution is 2.27. The van der Waals surface area contributed by atoms with Gasteiger partial charge in [-0.2, -0.15) is 0 Å². The molecule has 0 unspecified atom stereocenters. The number of aromatic nitrogens is 2. The summed E-state index contributed by atoms with van der Waals surface area (Å²) in [5.74, 6) is 1.64. The minimum absolute atomic E-state index is 0.135. The molecule has 146 valence electrons. The molecule has 0 atom stereocenters. The Morgan fingerprint density at radius 3 is 2.59 bits per heavy atom. The first-order valence-electron chi connectivity index (χ1n) is 9.33. The van der Waals surface area contributed by atoms with Crippen LogP contribution in [0.5, 0.6) is 5.75 Å². The first kappa shape index (κ1) is 18.6. The van der Waals surface area contributed by atoms with Crippen LogP contribution in [0.1, 0.15) is 16.1 Å². The number of amides is 1. The Kier molecular flexibility index (Phi) is 5.16. The average Bonchev–Trinajstić information content (AvgIpc) is 3.21. The smallest absolute Gasteiger partial charge is 0.253 e. The molecule has 0 aliphatic heterocycles. The summed E-state index contributed by atoms with van der Waals surface area (Å²) < 4.78 is 7.25. The Balaban J connectivity index is 1.57. The van der Waals surface area contributed by atoms with Crippen molar-refractivity contribution < 1.29 is 9.53 Å². The summed E-state index contributed by atoms with van der Waals surface area (Å²) in [5, 5.41) is 2.92. The van der Waals surface area contributed by atoms with Crippen LogP contribution in [-0.4, -0.2) is 29.4 Å². The first-order valence-corrected chi connectivity index (χ1v) is 9.33. The summed E-state index contributed by atoms with van der Waals surface area (Å²) in [4.78, 5) is 18.9. The second-order valence-corrected chi connectivity index (χ2v) is 6.66. The summed E-state index contributed by atoms with van der Waals surface area (Å²) in [6.45, 7) is 0.391. The number of pyridine rings is 2. The van der Waals surface area contributed by atoms with E-state index in [9.17, 15) is 4.79 Å². The predicted octanol–water partition coefficient (Wildman–Crippen LogP) is 4.04. The molecule has 0 saturated carbocycles. The summed E-state index contributed by atoms with van der Waals surface area (Å²) in [7, 11) is 3.65. The maximum atomic E-state index is 12.6. The number of ether oxygens (including phenoxy) is 1. The van der Waals surface area contributed by atoms with Gasteiger partial charge in [0, 0.05) is 30.6 Å². The molecule has 3 aromatic heterocycles. The van der Waals surface area contributed by atoms with Crippen molar-refractivity contribution in [2.75, 3.05) is 19.1 Å². The monoisotopic (exact) mass is 386 g/mol. The van der Waals surface area contributed by atoms with Gasteiger partial charge in [-0.1, -0.05) is 6.07 Å². The molecule has 6 nitrogen and oxygen atoms in total. The number of carbonyl (C=O) groups is 1. The quantitative estimate of drug-likeness (QED) is 0.543. The largest absolute Gasteiger partial charge is 0.497 e. The lowest BCUT2D eigenvalue weighted by Crippen LogP contribution is -2.23. The maximum Gasteiger partial charge on any atom is 0.253 e. The van der Waals surface area contributed by atoms with Gasteiger partial charge in [-0.3, -0.25) is 9.78 Å². The van der Waals surface area contributed by atoms with Gasteiger partial charge in [0.2, 0.25) is 0 Å². The Bertz CT molecular complexity index is 1120. The second-order valence-electron chi connectivity index (χ2n) is 6.66. The molecular formula is C23H22N4O2. The minimum atomic E-state index is -0.135. The lowest BCUT2D eigenvalue weighted by Gasteiger charge is -2.20. The molecule has 0 fully saturated rings. The van der Waals surface area contributed by atoms with Gasteiger partial charge in [-0.25, -0.2) is 0 Å². The van der Waals surface area contributed by atoms with Gasteiger partial charge in [0.1, 0.15) is 11.6 Å². The molecule has 4 rings (SSSR count). The molecule has 29 heavy (non-hydrogen) atoms. The highest BCUT2D eigenvalue weighted by Gasteiger charge is 2.12. The molecule has 1 aromatic carbocycles. The Labute approximate surface area is 169 Å². The molecule has 1 amide bonds. The number of anilines is 2. The van der Waals surface area contributed by atoms with Gasteiger partial charge in [-0.15, -0.1) is 0 Å². The molecule has 3 heterocycles. The van der Waals surface area contributed by atoms with Crippen molar-refractivity contribution in [1.82, 2.24) is 14.7 Å². The number of hydrogen-bond acceptors (Lipinski definition) is 4. The highest BCUT2D eigenvalue weighted by atomic mass is 16.5. The maximum absolute atomic E-state index is 12.6. The Hall–Kier alpha value is -3.80. The number of hydrogen-bond donors (Lipinski definition) is 1. The zero-order valence-electron chi connectivity index (χ0n) is 16.4. The van der Waals surface area contributed by atoms with Crippen molar-refractivity contribution in [2.24, 2.45) is 0 Å². The third-order valence-electron chi connectivity index (χ3n) is 4.85. The van der Waals surface area contributed by atoms with E-state index in [4.69, 9.17) is 4.74 Å². The fourth-order valence-corrected chi connectivity index (χ4v) is 3.21. The standard InChI is InChI=1S/C23H22N4O2/c1-26(19-8-11-21(29-2)12-9-19)22-13-10-20-7-6-17(16-27(20)22)23(28)25-15-18-5-3-4-14-24-18/h3-14,16H,15H2,1-2H3,(H,25,28). The number of rotatable bonds is 6. The normalized spacial score (nSPS) is 10.7. The molecule has 6 heteroatoms. The van der Waals surface area contributed by atoms with Crippen LogP contribution < -0.4 is 15.0 Å². The van der Waals surface area contributed by atoms with Crippen LogP contribution in [0.4, 0.5) is 11.5 Å². The van der Waals surface area contributed by atoms with Crippen molar-refractivity contribution in [2.45, 2.75) is 6.54 Å². The van der Waals surface area contributed by atoms with Crippen LogP contribution >= 0.6 is 0 Å². The van der Waals surface area contributed by atoms with Gasteiger partial charge >= 0.3 is 0 Å². The molecule has 0 aliphatic rings. The highest BCUT2D eigenvalue weighted by molar-refractivity contribution is 5.94. The van der Waals surface area contributed by atoms with Crippen LogP contribution in [0.3, 0.4) is 0 Å². The van der Waals surface area contributed by atoms with Crippen LogP contribution in [0.25, 0.3) is 5.52 Å². The number of nitrogens with one attached hydrogen (secondary N) is 1. The van der Waals surface area contributed by atoms with Crippen LogP contribution in [0.2, 0.25) is 0 Å². The van der Waals surface area contributed by atoms with E-state index in [-0.39, 0.29) is 5.91 Å². The number of carbonyl (C=O) groups excluding carboxylic acids is 1. The molecule has 0 saturated heterocycles.